The summed E-state index contributed by atoms with van der Waals surface area (Å²) < 4.78 is 23.8. The van der Waals surface area contributed by atoms with Crippen LogP contribution in [0.25, 0.3) is 0 Å². The van der Waals surface area contributed by atoms with Gasteiger partial charge in [0.25, 0.3) is 5.91 Å². The van der Waals surface area contributed by atoms with E-state index in [0.29, 0.717) is 29.5 Å². The van der Waals surface area contributed by atoms with Gasteiger partial charge in [-0.2, -0.15) is 4.98 Å². The van der Waals surface area contributed by atoms with Crippen LogP contribution < -0.4 is 5.32 Å². The number of nitrogens with zero attached hydrogens (tertiary/aromatic N) is 3. The van der Waals surface area contributed by atoms with Gasteiger partial charge < -0.3 is 19.5 Å². The number of fused-ring (bicyclic) bond motifs is 1. The van der Waals surface area contributed by atoms with Crippen LogP contribution in [0, 0.1) is 11.7 Å². The van der Waals surface area contributed by atoms with Gasteiger partial charge in [0.15, 0.2) is 5.82 Å². The third-order valence-electron chi connectivity index (χ3n) is 6.01. The van der Waals surface area contributed by atoms with E-state index in [-0.39, 0.29) is 31.4 Å². The number of carbonyl (C=O) groups is 2. The van der Waals surface area contributed by atoms with Gasteiger partial charge in [-0.1, -0.05) is 30.5 Å². The average Bonchev–Trinajstić information content (AvgIpc) is 3.39. The number of Topliss-reactive ketones (excluding diaryl/α,β-unsaturated/α-hetero) is 1. The first-order valence-electron chi connectivity index (χ1n) is 10.7. The lowest BCUT2D eigenvalue weighted by Gasteiger charge is -2.29. The molecule has 1 aromatic heterocycles. The Morgan fingerprint density at radius 2 is 2.10 bits per heavy atom. The molecule has 2 aliphatic rings. The normalized spacial score (nSPS) is 18.5. The molecule has 8 nitrogen and oxygen atoms in total. The van der Waals surface area contributed by atoms with Crippen molar-refractivity contribution >= 4 is 17.4 Å². The van der Waals surface area contributed by atoms with E-state index in [1.165, 1.54) is 30.6 Å². The molecule has 1 fully saturated rings. The number of anilines is 1. The maximum absolute atomic E-state index is 13.5. The van der Waals surface area contributed by atoms with E-state index in [4.69, 9.17) is 9.26 Å². The summed E-state index contributed by atoms with van der Waals surface area (Å²) >= 11 is 0. The first-order chi connectivity index (χ1) is 15.0. The number of halogens is 1. The van der Waals surface area contributed by atoms with Crippen molar-refractivity contribution in [3.63, 3.8) is 0 Å². The van der Waals surface area contributed by atoms with E-state index in [0.717, 1.165) is 25.7 Å². The lowest BCUT2D eigenvalue weighted by Crippen LogP contribution is -2.42. The highest BCUT2D eigenvalue weighted by Gasteiger charge is 2.36. The van der Waals surface area contributed by atoms with Gasteiger partial charge in [-0.25, -0.2) is 4.39 Å². The van der Waals surface area contributed by atoms with Crippen LogP contribution in [0.15, 0.2) is 22.7 Å². The van der Waals surface area contributed by atoms with E-state index >= 15 is 0 Å². The molecule has 1 saturated carbocycles. The predicted molar refractivity (Wildman–Crippen MR) is 110 cm³/mol. The highest BCUT2D eigenvalue weighted by Crippen LogP contribution is 2.33. The second kappa shape index (κ2) is 9.55. The first kappa shape index (κ1) is 21.4. The van der Waals surface area contributed by atoms with Gasteiger partial charge >= 0.3 is 0 Å². The Kier molecular flexibility index (Phi) is 6.60. The number of nitrogens with one attached hydrogen (secondary N) is 1. The number of hydrogen-bond acceptors (Lipinski definition) is 7. The van der Waals surface area contributed by atoms with E-state index in [1.54, 1.807) is 6.07 Å². The molecule has 4 rings (SSSR count). The van der Waals surface area contributed by atoms with Crippen LogP contribution >= 0.6 is 0 Å². The summed E-state index contributed by atoms with van der Waals surface area (Å²) in [6, 6.07) is 4.23. The van der Waals surface area contributed by atoms with Crippen molar-refractivity contribution in [2.45, 2.75) is 51.2 Å². The van der Waals surface area contributed by atoms with Gasteiger partial charge in [-0.05, 0) is 36.5 Å². The van der Waals surface area contributed by atoms with Crippen molar-refractivity contribution in [2.24, 2.45) is 5.92 Å². The van der Waals surface area contributed by atoms with Crippen LogP contribution in [0.2, 0.25) is 0 Å². The number of amides is 1. The summed E-state index contributed by atoms with van der Waals surface area (Å²) in [6.07, 6.45) is 5.53. The zero-order valence-electron chi connectivity index (χ0n) is 17.6. The van der Waals surface area contributed by atoms with Gasteiger partial charge in [0, 0.05) is 25.9 Å². The lowest BCUT2D eigenvalue weighted by molar-refractivity contribution is -0.146. The predicted octanol–water partition coefficient (Wildman–Crippen LogP) is 3.04. The Labute approximate surface area is 180 Å². The van der Waals surface area contributed by atoms with Crippen LogP contribution in [-0.4, -0.2) is 46.9 Å². The third-order valence-corrected chi connectivity index (χ3v) is 6.01. The number of ether oxygens (including phenoxy) is 1. The van der Waals surface area contributed by atoms with Crippen molar-refractivity contribution in [3.05, 3.63) is 41.3 Å². The second-order valence-electron chi connectivity index (χ2n) is 8.26. The van der Waals surface area contributed by atoms with Crippen LogP contribution in [-0.2, 0) is 27.5 Å². The van der Waals surface area contributed by atoms with E-state index < -0.39 is 17.6 Å². The van der Waals surface area contributed by atoms with Gasteiger partial charge in [0.05, 0.1) is 5.92 Å². The summed E-state index contributed by atoms with van der Waals surface area (Å²) in [5.41, 5.74) is 1.21. The maximum atomic E-state index is 13.5. The summed E-state index contributed by atoms with van der Waals surface area (Å²) in [5.74, 6) is -1.08. The highest BCUT2D eigenvalue weighted by molar-refractivity contribution is 6.38. The molecule has 1 unspecified atom stereocenters. The smallest absolute Gasteiger partial charge is 0.291 e. The fraction of sp³-hybridized carbons (Fsp3) is 0.545. The Balaban J connectivity index is 1.52. The van der Waals surface area contributed by atoms with Crippen LogP contribution in [0.1, 0.15) is 55.3 Å². The molecule has 31 heavy (non-hydrogen) atoms. The summed E-state index contributed by atoms with van der Waals surface area (Å²) in [5, 5.41) is 6.87. The van der Waals surface area contributed by atoms with E-state index in [1.807, 2.05) is 0 Å². The molecule has 0 saturated heterocycles. The Morgan fingerprint density at radius 3 is 2.87 bits per heavy atom. The van der Waals surface area contributed by atoms with Gasteiger partial charge in [0.1, 0.15) is 19.0 Å². The SMILES string of the molecule is COCc1noc(CN(CC2CCCCC2)C(=O)C(=O)C2CNc3cc(F)ccc32)n1. The number of benzene rings is 1. The molecule has 0 radical (unpaired) electrons. The Hall–Kier alpha value is -2.81. The molecule has 1 N–H and O–H groups in total. The van der Waals surface area contributed by atoms with Crippen molar-refractivity contribution in [3.8, 4) is 0 Å². The fourth-order valence-corrected chi connectivity index (χ4v) is 4.45. The average molecular weight is 430 g/mol. The van der Waals surface area contributed by atoms with Crippen LogP contribution in [0.5, 0.6) is 0 Å². The van der Waals surface area contributed by atoms with Gasteiger partial charge in [0.2, 0.25) is 11.7 Å². The Morgan fingerprint density at radius 1 is 1.29 bits per heavy atom. The number of carbonyl (C=O) groups excluding carboxylic acids is 2. The zero-order chi connectivity index (χ0) is 21.8. The number of hydrogen-bond donors (Lipinski definition) is 1. The number of methoxy groups -OCH3 is 1. The molecule has 9 heteroatoms. The monoisotopic (exact) mass is 430 g/mol. The fourth-order valence-electron chi connectivity index (χ4n) is 4.45. The minimum absolute atomic E-state index is 0.0776. The minimum Gasteiger partial charge on any atom is -0.384 e. The van der Waals surface area contributed by atoms with Crippen LogP contribution in [0.3, 0.4) is 0 Å². The summed E-state index contributed by atoms with van der Waals surface area (Å²) in [6.45, 7) is 1.04. The van der Waals surface area contributed by atoms with Gasteiger partial charge in [-0.15, -0.1) is 0 Å². The lowest BCUT2D eigenvalue weighted by atomic mass is 9.88. The molecule has 2 heterocycles. The molecular formula is C22H27FN4O4. The topological polar surface area (TPSA) is 97.6 Å². The minimum atomic E-state index is -0.635. The molecule has 1 aliphatic heterocycles. The van der Waals surface area contributed by atoms with Gasteiger partial charge in [-0.3, -0.25) is 9.59 Å². The largest absolute Gasteiger partial charge is 0.384 e. The molecular weight excluding hydrogens is 403 g/mol. The van der Waals surface area contributed by atoms with Crippen molar-refractivity contribution in [2.75, 3.05) is 25.5 Å². The number of aromatic nitrogens is 2. The maximum Gasteiger partial charge on any atom is 0.291 e. The number of rotatable bonds is 8. The standard InChI is InChI=1S/C22H27FN4O4/c1-30-13-19-25-20(31-26-19)12-27(11-14-5-3-2-4-6-14)22(29)21(28)17-10-24-18-9-15(23)7-8-16(17)18/h7-9,14,17,24H,2-6,10-13H2,1H3. The molecule has 1 aliphatic carbocycles. The van der Waals surface area contributed by atoms with Crippen molar-refractivity contribution < 1.29 is 23.2 Å². The molecule has 1 aromatic carbocycles. The number of ketones is 1. The molecule has 0 spiro atoms. The zero-order valence-corrected chi connectivity index (χ0v) is 17.6. The molecule has 1 amide bonds. The molecule has 1 atom stereocenters. The third kappa shape index (κ3) is 4.92. The van der Waals surface area contributed by atoms with Crippen molar-refractivity contribution in [1.82, 2.24) is 15.0 Å². The molecule has 0 bridgehead atoms. The first-order valence-corrected chi connectivity index (χ1v) is 10.7. The second-order valence-corrected chi connectivity index (χ2v) is 8.26. The van der Waals surface area contributed by atoms with Crippen LogP contribution in [0.4, 0.5) is 10.1 Å². The highest BCUT2D eigenvalue weighted by atomic mass is 19.1. The van der Waals surface area contributed by atoms with E-state index in [2.05, 4.69) is 15.5 Å². The Bertz CT molecular complexity index is 941. The summed E-state index contributed by atoms with van der Waals surface area (Å²) in [4.78, 5) is 32.2. The van der Waals surface area contributed by atoms with Crippen molar-refractivity contribution in [1.29, 1.82) is 0 Å². The van der Waals surface area contributed by atoms with E-state index in [9.17, 15) is 14.0 Å². The summed E-state index contributed by atoms with van der Waals surface area (Å²) in [7, 11) is 1.53. The molecule has 166 valence electrons. The quantitative estimate of drug-likeness (QED) is 0.643. The molecule has 2 aromatic rings.